The first kappa shape index (κ1) is 24.4. The van der Waals surface area contributed by atoms with Crippen LogP contribution in [-0.4, -0.2) is 29.9 Å². The van der Waals surface area contributed by atoms with Crippen molar-refractivity contribution in [3.63, 3.8) is 0 Å². The topological polar surface area (TPSA) is 28.4 Å². The van der Waals surface area contributed by atoms with Gasteiger partial charge in [0.25, 0.3) is 0 Å². The summed E-state index contributed by atoms with van der Waals surface area (Å²) in [7, 11) is 4.98. The number of rotatable bonds is 5. The number of amidine groups is 1. The van der Waals surface area contributed by atoms with Crippen LogP contribution in [0.4, 0.5) is 5.69 Å². The molecule has 0 amide bonds. The van der Waals surface area contributed by atoms with Crippen molar-refractivity contribution in [2.24, 2.45) is 4.99 Å². The molecule has 0 aromatic heterocycles. The summed E-state index contributed by atoms with van der Waals surface area (Å²) in [6.45, 7) is 8.87. The molecule has 0 atom stereocenters. The zero-order valence-corrected chi connectivity index (χ0v) is 20.8. The molecule has 0 radical (unpaired) electrons. The average Bonchev–Trinajstić information content (AvgIpc) is 2.66. The van der Waals surface area contributed by atoms with E-state index in [-0.39, 0.29) is 0 Å². The quantitative estimate of drug-likeness (QED) is 0.135. The van der Waals surface area contributed by atoms with Crippen LogP contribution >= 0.6 is 28.5 Å². The van der Waals surface area contributed by atoms with E-state index in [4.69, 9.17) is 4.99 Å². The Balaban J connectivity index is 0.00000114. The van der Waals surface area contributed by atoms with Gasteiger partial charge in [-0.25, -0.2) is 4.99 Å². The molecular weight excluding hydrogens is 515 g/mol. The van der Waals surface area contributed by atoms with Gasteiger partial charge in [-0.3, -0.25) is 0 Å². The van der Waals surface area contributed by atoms with Gasteiger partial charge in [0.2, 0.25) is 5.84 Å². The Hall–Kier alpha value is -0.676. The molecule has 6 heteroatoms. The van der Waals surface area contributed by atoms with Gasteiger partial charge in [-0.05, 0) is 23.0 Å². The van der Waals surface area contributed by atoms with E-state index in [2.05, 4.69) is 91.3 Å². The van der Waals surface area contributed by atoms with Gasteiger partial charge < -0.3 is 4.84 Å². The molecule has 0 heterocycles. The Morgan fingerprint density at radius 3 is 1.81 bits per heavy atom. The fourth-order valence-electron chi connectivity index (χ4n) is 2.75. The van der Waals surface area contributed by atoms with Crippen molar-refractivity contribution in [3.8, 4) is 0 Å². The van der Waals surface area contributed by atoms with E-state index in [0.717, 1.165) is 17.1 Å². The van der Waals surface area contributed by atoms with E-state index in [0.29, 0.717) is 11.8 Å². The van der Waals surface area contributed by atoms with Crippen LogP contribution in [0.25, 0.3) is 0 Å². The molecule has 2 aromatic carbocycles. The first-order chi connectivity index (χ1) is 12.9. The van der Waals surface area contributed by atoms with Gasteiger partial charge >= 0.3 is 39.3 Å². The van der Waals surface area contributed by atoms with Crippen LogP contribution in [0.15, 0.2) is 53.5 Å². The number of halogens is 2. The van der Waals surface area contributed by atoms with E-state index in [1.54, 1.807) is 7.11 Å². The maximum atomic E-state index is 5.09. The summed E-state index contributed by atoms with van der Waals surface area (Å²) in [6, 6.07) is 16.7. The van der Waals surface area contributed by atoms with Crippen molar-refractivity contribution in [1.29, 1.82) is 0 Å². The van der Waals surface area contributed by atoms with Gasteiger partial charge in [0.1, 0.15) is 0 Å². The molecule has 0 aliphatic heterocycles. The Morgan fingerprint density at radius 2 is 1.41 bits per heavy atom. The van der Waals surface area contributed by atoms with Crippen LogP contribution in [0.5, 0.6) is 0 Å². The second-order valence-electron chi connectivity index (χ2n) is 6.66. The molecule has 0 unspecified atom stereocenters. The third-order valence-corrected chi connectivity index (χ3v) is 4.20. The van der Waals surface area contributed by atoms with Gasteiger partial charge in [0.15, 0.2) is 7.11 Å². The average molecular weight is 544 g/mol. The van der Waals surface area contributed by atoms with E-state index in [1.807, 2.05) is 30.3 Å². The van der Waals surface area contributed by atoms with Crippen LogP contribution in [0.1, 0.15) is 56.2 Å². The molecule has 2 rings (SSSR count). The minimum absolute atomic E-state index is 0.420. The van der Waals surface area contributed by atoms with Gasteiger partial charge in [-0.1, -0.05) is 76.2 Å². The van der Waals surface area contributed by atoms with Crippen molar-refractivity contribution >= 4 is 40.0 Å². The van der Waals surface area contributed by atoms with Crippen LogP contribution in [0.2, 0.25) is 0 Å². The van der Waals surface area contributed by atoms with E-state index < -0.39 is 0 Å². The third kappa shape index (κ3) is 7.34. The Bertz CT molecular complexity index is 695. The second-order valence-corrected chi connectivity index (χ2v) is 11.6. The van der Waals surface area contributed by atoms with E-state index >= 15 is 0 Å². The number of aliphatic hydroxyl groups is 1. The first-order valence-electron chi connectivity index (χ1n) is 8.80. The van der Waals surface area contributed by atoms with Gasteiger partial charge in [-0.15, -0.1) is 5.06 Å². The van der Waals surface area contributed by atoms with Crippen LogP contribution in [0.3, 0.4) is 0 Å². The number of nitrogens with zero attached hydrogens (tertiary/aromatic N) is 2. The molecule has 2 aromatic rings. The molecule has 1 N–H and O–H groups in total. The number of para-hydroxylation sites is 1. The van der Waals surface area contributed by atoms with E-state index in [9.17, 15) is 0 Å². The zero-order chi connectivity index (χ0) is 20.4. The minimum atomic E-state index is 0.420. The van der Waals surface area contributed by atoms with Crippen LogP contribution < -0.4 is 0 Å². The Morgan fingerprint density at radius 1 is 0.926 bits per heavy atom. The molecule has 27 heavy (non-hydrogen) atoms. The molecule has 152 valence electrons. The molecule has 0 aliphatic rings. The standard InChI is InChI=1S/C21H28N2O.2BrH.Ni/c1-15(2)18-13-10-14-19(16(3)4)20(18)22-21(23(5)24-6)17-11-8-7-9-12-17;;;/h7-16H,1-6H3;2*1H;/q;;;+2/p-1. The second kappa shape index (κ2) is 12.7. The number of hydroxylamine groups is 2. The van der Waals surface area contributed by atoms with Crippen molar-refractivity contribution in [2.45, 2.75) is 39.5 Å². The number of aliphatic imine (C=N–C) groups is 1. The van der Waals surface area contributed by atoms with Crippen molar-refractivity contribution in [3.05, 3.63) is 65.2 Å². The zero-order valence-electron chi connectivity index (χ0n) is 16.7. The summed E-state index contributed by atoms with van der Waals surface area (Å²) in [5, 5.41) is 1.84. The summed E-state index contributed by atoms with van der Waals surface area (Å²) in [5.41, 5.74) is 4.70. The number of hydrogen-bond donors (Lipinski definition) is 0. The summed E-state index contributed by atoms with van der Waals surface area (Å²) < 4.78 is 0. The predicted octanol–water partition coefficient (Wildman–Crippen LogP) is 6.71. The summed E-state index contributed by atoms with van der Waals surface area (Å²) >= 11 is 6.00. The Labute approximate surface area is 183 Å². The molecule has 0 fully saturated rings. The number of benzene rings is 2. The van der Waals surface area contributed by atoms with Gasteiger partial charge in [0.05, 0.1) is 12.7 Å². The van der Waals surface area contributed by atoms with Gasteiger partial charge in [0, 0.05) is 5.56 Å². The van der Waals surface area contributed by atoms with Gasteiger partial charge in [-0.2, -0.15) is 0 Å². The summed E-state index contributed by atoms with van der Waals surface area (Å²) in [6.07, 6.45) is 0. The predicted molar refractivity (Wildman–Crippen MR) is 121 cm³/mol. The summed E-state index contributed by atoms with van der Waals surface area (Å²) in [4.78, 5) is 9.40. The number of hydrogen-bond acceptors (Lipinski definition) is 1. The van der Waals surface area contributed by atoms with E-state index in [1.165, 1.54) is 22.0 Å². The molecule has 0 spiro atoms. The van der Waals surface area contributed by atoms with Crippen molar-refractivity contribution < 1.29 is 15.7 Å². The summed E-state index contributed by atoms with van der Waals surface area (Å²) in [5.74, 6) is 1.71. The van der Waals surface area contributed by atoms with Crippen LogP contribution in [-0.2, 0) is 10.9 Å². The molecule has 0 saturated carbocycles. The third-order valence-electron chi connectivity index (χ3n) is 4.20. The SMILES string of the molecule is C[OH+]N(C)C(=Nc1c(C(C)C)cccc1C(C)C)c1ccccc1.[Br][Ni][Br]. The monoisotopic (exact) mass is 541 g/mol. The van der Waals surface area contributed by atoms with Crippen molar-refractivity contribution in [1.82, 2.24) is 5.06 Å². The molecule has 3 nitrogen and oxygen atoms in total. The fraction of sp³-hybridized carbons (Fsp3) is 0.381. The Kier molecular flexibility index (Phi) is 11.5. The normalized spacial score (nSPS) is 11.6. The maximum absolute atomic E-state index is 5.09. The van der Waals surface area contributed by atoms with Crippen molar-refractivity contribution in [2.75, 3.05) is 14.2 Å². The molecule has 0 saturated heterocycles. The first-order valence-corrected chi connectivity index (χ1v) is 13.7. The van der Waals surface area contributed by atoms with Crippen LogP contribution in [0, 0.1) is 0 Å². The molecular formula is C21H29Br2N2NiO+. The molecule has 0 aliphatic carbocycles. The fourth-order valence-corrected chi connectivity index (χ4v) is 2.75. The molecule has 0 bridgehead atoms.